The molecule has 0 amide bonds. The molecule has 0 aromatic carbocycles. The van der Waals surface area contributed by atoms with E-state index in [1.54, 1.807) is 12.1 Å². The van der Waals surface area contributed by atoms with Gasteiger partial charge in [-0.15, -0.1) is 5.10 Å². The lowest BCUT2D eigenvalue weighted by Gasteiger charge is -2.04. The van der Waals surface area contributed by atoms with Crippen LogP contribution >= 0.6 is 11.6 Å². The van der Waals surface area contributed by atoms with Crippen LogP contribution in [0.5, 0.6) is 0 Å². The van der Waals surface area contributed by atoms with Crippen LogP contribution in [0.2, 0.25) is 5.02 Å². The maximum atomic E-state index is 11.9. The Bertz CT molecular complexity index is 507. The summed E-state index contributed by atoms with van der Waals surface area (Å²) in [7, 11) is 0. The quantitative estimate of drug-likeness (QED) is 0.890. The fourth-order valence-corrected chi connectivity index (χ4v) is 1.27. The molecule has 86 valence electrons. The minimum absolute atomic E-state index is 0.0837. The fraction of sp³-hybridized carbons (Fsp3) is 0.250. The molecule has 0 unspecified atom stereocenters. The first kappa shape index (κ1) is 11.0. The fourth-order valence-electron chi connectivity index (χ4n) is 1.11. The van der Waals surface area contributed by atoms with Crippen molar-refractivity contribution in [3.05, 3.63) is 23.4 Å². The summed E-state index contributed by atoms with van der Waals surface area (Å²) < 4.78 is 37.1. The number of anilines is 1. The lowest BCUT2D eigenvalue weighted by molar-refractivity contribution is -0.115. The van der Waals surface area contributed by atoms with Crippen LogP contribution in [0.3, 0.4) is 0 Å². The Morgan fingerprint density at radius 2 is 2.12 bits per heavy atom. The van der Waals surface area contributed by atoms with Crippen LogP contribution in [0.25, 0.3) is 5.65 Å². The number of aromatic nitrogens is 3. The van der Waals surface area contributed by atoms with Gasteiger partial charge in [0, 0.05) is 6.20 Å². The summed E-state index contributed by atoms with van der Waals surface area (Å²) in [5, 5.41) is 6.30. The van der Waals surface area contributed by atoms with E-state index in [0.717, 1.165) is 0 Å². The number of alkyl halides is 3. The molecule has 0 saturated carbocycles. The lowest BCUT2D eigenvalue weighted by atomic mass is 10.5. The molecule has 1 N–H and O–H groups in total. The summed E-state index contributed by atoms with van der Waals surface area (Å²) in [6, 6.07) is 3.15. The molecule has 2 aromatic heterocycles. The molecule has 0 saturated heterocycles. The van der Waals surface area contributed by atoms with Gasteiger partial charge in [-0.3, -0.25) is 0 Å². The van der Waals surface area contributed by atoms with Crippen molar-refractivity contribution in [2.24, 2.45) is 0 Å². The molecule has 0 atom stereocenters. The van der Waals surface area contributed by atoms with Gasteiger partial charge in [-0.1, -0.05) is 11.6 Å². The highest BCUT2D eigenvalue weighted by Gasteiger charge is 2.27. The van der Waals surface area contributed by atoms with Crippen molar-refractivity contribution in [3.8, 4) is 0 Å². The van der Waals surface area contributed by atoms with E-state index in [2.05, 4.69) is 15.4 Å². The largest absolute Gasteiger partial charge is 0.405 e. The van der Waals surface area contributed by atoms with Crippen LogP contribution in [0.4, 0.5) is 19.1 Å². The first-order chi connectivity index (χ1) is 7.44. The van der Waals surface area contributed by atoms with Gasteiger partial charge in [0.2, 0.25) is 5.95 Å². The predicted molar refractivity (Wildman–Crippen MR) is 52.5 cm³/mol. The Hall–Kier alpha value is -1.50. The van der Waals surface area contributed by atoms with Gasteiger partial charge >= 0.3 is 6.18 Å². The van der Waals surface area contributed by atoms with Crippen LogP contribution < -0.4 is 5.32 Å². The van der Waals surface area contributed by atoms with Gasteiger partial charge in [-0.25, -0.2) is 4.52 Å². The van der Waals surface area contributed by atoms with Crippen molar-refractivity contribution in [2.45, 2.75) is 6.18 Å². The van der Waals surface area contributed by atoms with Crippen molar-refractivity contribution in [1.82, 2.24) is 14.6 Å². The molecule has 0 spiro atoms. The smallest absolute Gasteiger partial charge is 0.344 e. The number of hydrogen-bond donors (Lipinski definition) is 1. The van der Waals surface area contributed by atoms with Gasteiger partial charge in [0.05, 0.1) is 5.02 Å². The Morgan fingerprint density at radius 1 is 1.38 bits per heavy atom. The molecule has 0 radical (unpaired) electrons. The standard InChI is InChI=1S/C8H6ClF3N4/c9-5-1-2-6-14-7(15-16(6)3-5)13-4-8(10,11)12/h1-3H,4H2,(H,13,15). The van der Waals surface area contributed by atoms with Crippen LogP contribution in [-0.2, 0) is 0 Å². The molecule has 0 bridgehead atoms. The number of pyridine rings is 1. The Labute approximate surface area is 93.0 Å². The summed E-state index contributed by atoms with van der Waals surface area (Å²) in [4.78, 5) is 3.84. The number of hydrogen-bond acceptors (Lipinski definition) is 3. The van der Waals surface area contributed by atoms with E-state index < -0.39 is 12.7 Å². The van der Waals surface area contributed by atoms with Gasteiger partial charge in [-0.05, 0) is 12.1 Å². The number of nitrogens with one attached hydrogen (secondary N) is 1. The average molecular weight is 251 g/mol. The van der Waals surface area contributed by atoms with Crippen LogP contribution in [-0.4, -0.2) is 27.3 Å². The maximum absolute atomic E-state index is 11.9. The molecule has 0 aliphatic rings. The maximum Gasteiger partial charge on any atom is 0.405 e. The molecular formula is C8H6ClF3N4. The van der Waals surface area contributed by atoms with Crippen LogP contribution in [0.1, 0.15) is 0 Å². The lowest BCUT2D eigenvalue weighted by Crippen LogP contribution is -2.21. The second-order valence-electron chi connectivity index (χ2n) is 3.05. The zero-order valence-electron chi connectivity index (χ0n) is 7.79. The molecule has 2 aromatic rings. The first-order valence-electron chi connectivity index (χ1n) is 4.27. The third kappa shape index (κ3) is 2.54. The number of fused-ring (bicyclic) bond motifs is 1. The highest BCUT2D eigenvalue weighted by Crippen LogP contribution is 2.16. The second kappa shape index (κ2) is 3.82. The summed E-state index contributed by atoms with van der Waals surface area (Å²) >= 11 is 5.69. The topological polar surface area (TPSA) is 42.2 Å². The highest BCUT2D eigenvalue weighted by molar-refractivity contribution is 6.30. The van der Waals surface area contributed by atoms with Crippen LogP contribution in [0, 0.1) is 0 Å². The van der Waals surface area contributed by atoms with E-state index in [-0.39, 0.29) is 5.95 Å². The average Bonchev–Trinajstić information content (AvgIpc) is 2.55. The molecule has 0 aliphatic carbocycles. The molecule has 2 heterocycles. The second-order valence-corrected chi connectivity index (χ2v) is 3.49. The summed E-state index contributed by atoms with van der Waals surface area (Å²) in [5.41, 5.74) is 0.425. The SMILES string of the molecule is FC(F)(F)CNc1nc2ccc(Cl)cn2n1. The minimum Gasteiger partial charge on any atom is -0.344 e. The van der Waals surface area contributed by atoms with E-state index >= 15 is 0 Å². The van der Waals surface area contributed by atoms with Crippen molar-refractivity contribution in [3.63, 3.8) is 0 Å². The third-order valence-electron chi connectivity index (χ3n) is 1.74. The third-order valence-corrected chi connectivity index (χ3v) is 1.97. The monoisotopic (exact) mass is 250 g/mol. The highest BCUT2D eigenvalue weighted by atomic mass is 35.5. The summed E-state index contributed by atoms with van der Waals surface area (Å²) in [6.07, 6.45) is -2.84. The van der Waals surface area contributed by atoms with Crippen molar-refractivity contribution < 1.29 is 13.2 Å². The van der Waals surface area contributed by atoms with Crippen LogP contribution in [0.15, 0.2) is 18.3 Å². The summed E-state index contributed by atoms with van der Waals surface area (Å²) in [5.74, 6) is -0.0837. The molecule has 0 aliphatic heterocycles. The van der Waals surface area contributed by atoms with Crippen molar-refractivity contribution in [2.75, 3.05) is 11.9 Å². The molecular weight excluding hydrogens is 245 g/mol. The zero-order chi connectivity index (χ0) is 11.8. The normalized spacial score (nSPS) is 12.0. The molecule has 8 heteroatoms. The number of nitrogens with zero attached hydrogens (tertiary/aromatic N) is 3. The van der Waals surface area contributed by atoms with Crippen molar-refractivity contribution in [1.29, 1.82) is 0 Å². The summed E-state index contributed by atoms with van der Waals surface area (Å²) in [6.45, 7) is -1.17. The molecule has 4 nitrogen and oxygen atoms in total. The first-order valence-corrected chi connectivity index (χ1v) is 4.64. The van der Waals surface area contributed by atoms with Gasteiger partial charge in [0.15, 0.2) is 5.65 Å². The minimum atomic E-state index is -4.30. The number of rotatable bonds is 2. The van der Waals surface area contributed by atoms with Crippen molar-refractivity contribution >= 4 is 23.2 Å². The van der Waals surface area contributed by atoms with Gasteiger partial charge in [0.1, 0.15) is 6.54 Å². The molecule has 0 fully saturated rings. The van der Waals surface area contributed by atoms with E-state index in [1.165, 1.54) is 10.7 Å². The predicted octanol–water partition coefficient (Wildman–Crippen LogP) is 2.36. The Morgan fingerprint density at radius 3 is 2.81 bits per heavy atom. The zero-order valence-corrected chi connectivity index (χ0v) is 8.55. The Balaban J connectivity index is 2.20. The molecule has 2 rings (SSSR count). The molecule has 16 heavy (non-hydrogen) atoms. The van der Waals surface area contributed by atoms with E-state index in [9.17, 15) is 13.2 Å². The van der Waals surface area contributed by atoms with Gasteiger partial charge in [0.25, 0.3) is 0 Å². The van der Waals surface area contributed by atoms with Gasteiger partial charge < -0.3 is 5.32 Å². The van der Waals surface area contributed by atoms with E-state index in [1.807, 2.05) is 0 Å². The van der Waals surface area contributed by atoms with Gasteiger partial charge in [-0.2, -0.15) is 18.2 Å². The number of halogens is 4. The Kier molecular flexibility index (Phi) is 2.63. The van der Waals surface area contributed by atoms with E-state index in [4.69, 9.17) is 11.6 Å². The van der Waals surface area contributed by atoms with E-state index in [0.29, 0.717) is 10.7 Å².